The van der Waals surface area contributed by atoms with Gasteiger partial charge in [0.05, 0.1) is 11.9 Å². The van der Waals surface area contributed by atoms with Gasteiger partial charge in [-0.1, -0.05) is 0 Å². The fourth-order valence-corrected chi connectivity index (χ4v) is 1.74. The molecular weight excluding hydrogens is 221 g/mol. The van der Waals surface area contributed by atoms with Gasteiger partial charge < -0.3 is 5.32 Å². The number of hydrogen-bond acceptors (Lipinski definition) is 3. The molecule has 0 saturated heterocycles. The molecular formula is C11H16FN5. The third-order valence-corrected chi connectivity index (χ3v) is 2.68. The minimum absolute atomic E-state index is 0.291. The van der Waals surface area contributed by atoms with Crippen molar-refractivity contribution in [2.45, 2.75) is 20.0 Å². The largest absolute Gasteiger partial charge is 0.308 e. The molecule has 0 atom stereocenters. The van der Waals surface area contributed by atoms with Crippen molar-refractivity contribution in [1.82, 2.24) is 24.9 Å². The summed E-state index contributed by atoms with van der Waals surface area (Å²) in [6.07, 6.45) is 3.50. The van der Waals surface area contributed by atoms with Gasteiger partial charge in [0.2, 0.25) is 5.95 Å². The molecule has 0 aliphatic rings. The maximum atomic E-state index is 13.4. The monoisotopic (exact) mass is 237 g/mol. The van der Waals surface area contributed by atoms with E-state index in [4.69, 9.17) is 0 Å². The van der Waals surface area contributed by atoms with E-state index in [0.717, 1.165) is 11.3 Å². The van der Waals surface area contributed by atoms with Crippen LogP contribution in [0.5, 0.6) is 0 Å². The highest BCUT2D eigenvalue weighted by Crippen LogP contribution is 2.07. The molecule has 0 aromatic carbocycles. The van der Waals surface area contributed by atoms with Crippen LogP contribution in [0.1, 0.15) is 16.8 Å². The Labute approximate surface area is 99.2 Å². The average Bonchev–Trinajstić information content (AvgIpc) is 2.75. The van der Waals surface area contributed by atoms with Crippen molar-refractivity contribution in [3.8, 4) is 0 Å². The lowest BCUT2D eigenvalue weighted by Crippen LogP contribution is -2.13. The predicted molar refractivity (Wildman–Crippen MR) is 61.7 cm³/mol. The van der Waals surface area contributed by atoms with Crippen LogP contribution < -0.4 is 5.32 Å². The van der Waals surface area contributed by atoms with Crippen LogP contribution >= 0.6 is 0 Å². The summed E-state index contributed by atoms with van der Waals surface area (Å²) in [5.41, 5.74) is 2.69. The third-order valence-electron chi connectivity index (χ3n) is 2.68. The molecule has 17 heavy (non-hydrogen) atoms. The van der Waals surface area contributed by atoms with Gasteiger partial charge in [-0.2, -0.15) is 14.6 Å². The van der Waals surface area contributed by atoms with E-state index in [9.17, 15) is 4.39 Å². The normalized spacial score (nSPS) is 11.1. The second kappa shape index (κ2) is 4.67. The van der Waals surface area contributed by atoms with Gasteiger partial charge in [-0.25, -0.2) is 4.68 Å². The van der Waals surface area contributed by atoms with Crippen LogP contribution in [0, 0.1) is 12.9 Å². The maximum Gasteiger partial charge on any atom is 0.215 e. The number of nitrogens with one attached hydrogen (secondary N) is 1. The molecule has 0 unspecified atom stereocenters. The standard InChI is InChI=1S/C11H16FN5/c1-8-10(7-16(2)15-8)5-13-4-9-6-14-17(3)11(9)12/h6-7,13H,4-5H2,1-3H3. The molecule has 0 aliphatic carbocycles. The van der Waals surface area contributed by atoms with E-state index in [0.29, 0.717) is 18.7 Å². The van der Waals surface area contributed by atoms with Gasteiger partial charge in [-0.3, -0.25) is 4.68 Å². The Kier molecular flexibility index (Phi) is 3.23. The SMILES string of the molecule is Cc1nn(C)cc1CNCc1cnn(C)c1F. The van der Waals surface area contributed by atoms with E-state index < -0.39 is 0 Å². The van der Waals surface area contributed by atoms with E-state index in [1.54, 1.807) is 17.9 Å². The Hall–Kier alpha value is -1.69. The summed E-state index contributed by atoms with van der Waals surface area (Å²) in [5, 5.41) is 11.3. The first-order valence-corrected chi connectivity index (χ1v) is 5.44. The van der Waals surface area contributed by atoms with Gasteiger partial charge in [0, 0.05) is 44.5 Å². The molecule has 0 aliphatic heterocycles. The van der Waals surface area contributed by atoms with Crippen molar-refractivity contribution in [2.24, 2.45) is 14.1 Å². The van der Waals surface area contributed by atoms with Crippen LogP contribution in [0.4, 0.5) is 4.39 Å². The lowest BCUT2D eigenvalue weighted by molar-refractivity contribution is 0.489. The number of aromatic nitrogens is 4. The van der Waals surface area contributed by atoms with Crippen molar-refractivity contribution in [1.29, 1.82) is 0 Å². The maximum absolute atomic E-state index is 13.4. The molecule has 2 aromatic rings. The van der Waals surface area contributed by atoms with Gasteiger partial charge in [-0.15, -0.1) is 0 Å². The zero-order valence-corrected chi connectivity index (χ0v) is 10.2. The summed E-state index contributed by atoms with van der Waals surface area (Å²) >= 11 is 0. The summed E-state index contributed by atoms with van der Waals surface area (Å²) < 4.78 is 16.4. The molecule has 0 saturated carbocycles. The lowest BCUT2D eigenvalue weighted by atomic mass is 10.2. The van der Waals surface area contributed by atoms with E-state index in [1.165, 1.54) is 4.68 Å². The molecule has 1 N–H and O–H groups in total. The second-order valence-electron chi connectivity index (χ2n) is 4.10. The first kappa shape index (κ1) is 11.8. The van der Waals surface area contributed by atoms with Crippen LogP contribution in [0.3, 0.4) is 0 Å². The number of aryl methyl sites for hydroxylation is 3. The zero-order chi connectivity index (χ0) is 12.4. The van der Waals surface area contributed by atoms with Crippen molar-refractivity contribution >= 4 is 0 Å². The van der Waals surface area contributed by atoms with E-state index in [2.05, 4.69) is 15.5 Å². The van der Waals surface area contributed by atoms with E-state index >= 15 is 0 Å². The number of rotatable bonds is 4. The first-order chi connectivity index (χ1) is 8.08. The van der Waals surface area contributed by atoms with Crippen molar-refractivity contribution < 1.29 is 4.39 Å². The molecule has 2 aromatic heterocycles. The number of nitrogens with zero attached hydrogens (tertiary/aromatic N) is 4. The number of hydrogen-bond donors (Lipinski definition) is 1. The molecule has 0 bridgehead atoms. The Morgan fingerprint density at radius 1 is 1.29 bits per heavy atom. The lowest BCUT2D eigenvalue weighted by Gasteiger charge is -2.02. The Morgan fingerprint density at radius 2 is 2.00 bits per heavy atom. The average molecular weight is 237 g/mol. The molecule has 0 radical (unpaired) electrons. The van der Waals surface area contributed by atoms with Gasteiger partial charge in [-0.05, 0) is 6.92 Å². The van der Waals surface area contributed by atoms with Crippen LogP contribution in [-0.4, -0.2) is 19.6 Å². The molecule has 2 rings (SSSR count). The summed E-state index contributed by atoms with van der Waals surface area (Å²) in [6.45, 7) is 3.10. The van der Waals surface area contributed by atoms with Gasteiger partial charge in [0.25, 0.3) is 0 Å². The molecule has 92 valence electrons. The Morgan fingerprint density at radius 3 is 2.53 bits per heavy atom. The van der Waals surface area contributed by atoms with Crippen molar-refractivity contribution in [3.05, 3.63) is 35.2 Å². The zero-order valence-electron chi connectivity index (χ0n) is 10.2. The molecule has 6 heteroatoms. The summed E-state index contributed by atoms with van der Waals surface area (Å²) in [7, 11) is 3.47. The smallest absolute Gasteiger partial charge is 0.215 e. The van der Waals surface area contributed by atoms with Gasteiger partial charge in [0.1, 0.15) is 0 Å². The first-order valence-electron chi connectivity index (χ1n) is 5.44. The quantitative estimate of drug-likeness (QED) is 0.859. The highest BCUT2D eigenvalue weighted by molar-refractivity contribution is 5.15. The molecule has 0 fully saturated rings. The van der Waals surface area contributed by atoms with Crippen LogP contribution in [-0.2, 0) is 27.2 Å². The molecule has 0 amide bonds. The fourth-order valence-electron chi connectivity index (χ4n) is 1.74. The van der Waals surface area contributed by atoms with E-state index in [1.807, 2.05) is 20.2 Å². The van der Waals surface area contributed by atoms with Crippen molar-refractivity contribution in [2.75, 3.05) is 0 Å². The highest BCUT2D eigenvalue weighted by Gasteiger charge is 2.07. The van der Waals surface area contributed by atoms with Gasteiger partial charge >= 0.3 is 0 Å². The predicted octanol–water partition coefficient (Wildman–Crippen LogP) is 0.891. The Bertz CT molecular complexity index is 512. The summed E-state index contributed by atoms with van der Waals surface area (Å²) in [6, 6.07) is 0. The molecule has 5 nitrogen and oxygen atoms in total. The topological polar surface area (TPSA) is 47.7 Å². The fraction of sp³-hybridized carbons (Fsp3) is 0.455. The number of halogens is 1. The van der Waals surface area contributed by atoms with Gasteiger partial charge in [0.15, 0.2) is 0 Å². The van der Waals surface area contributed by atoms with Crippen LogP contribution in [0.25, 0.3) is 0 Å². The third kappa shape index (κ3) is 2.52. The molecule has 0 spiro atoms. The highest BCUT2D eigenvalue weighted by atomic mass is 19.1. The minimum Gasteiger partial charge on any atom is -0.308 e. The summed E-state index contributed by atoms with van der Waals surface area (Å²) in [5.74, 6) is -0.291. The van der Waals surface area contributed by atoms with Crippen molar-refractivity contribution in [3.63, 3.8) is 0 Å². The summed E-state index contributed by atoms with van der Waals surface area (Å²) in [4.78, 5) is 0. The minimum atomic E-state index is -0.291. The second-order valence-corrected chi connectivity index (χ2v) is 4.10. The van der Waals surface area contributed by atoms with Crippen LogP contribution in [0.15, 0.2) is 12.4 Å². The van der Waals surface area contributed by atoms with Crippen LogP contribution in [0.2, 0.25) is 0 Å². The van der Waals surface area contributed by atoms with E-state index in [-0.39, 0.29) is 5.95 Å². The molecule has 2 heterocycles. The Balaban J connectivity index is 1.92.